The first-order valence-electron chi connectivity index (χ1n) is 9.55. The van der Waals surface area contributed by atoms with Crippen molar-refractivity contribution in [3.63, 3.8) is 0 Å². The van der Waals surface area contributed by atoms with Gasteiger partial charge in [-0.25, -0.2) is 0 Å². The first-order chi connectivity index (χ1) is 11.4. The lowest BCUT2D eigenvalue weighted by Crippen LogP contribution is -2.36. The third-order valence-electron chi connectivity index (χ3n) is 5.91. The van der Waals surface area contributed by atoms with Crippen LogP contribution in [0.3, 0.4) is 0 Å². The van der Waals surface area contributed by atoms with Crippen LogP contribution < -0.4 is 10.6 Å². The van der Waals surface area contributed by atoms with Crippen molar-refractivity contribution in [2.24, 2.45) is 0 Å². The molecule has 2 nitrogen and oxygen atoms in total. The van der Waals surface area contributed by atoms with E-state index in [4.69, 9.17) is 0 Å². The SMILES string of the molecule is CCC1=CC(C)(CC)Nc2cc3c(cc21)NC(C)(CC)C=C3CC. The van der Waals surface area contributed by atoms with Gasteiger partial charge in [0.05, 0.1) is 11.1 Å². The summed E-state index contributed by atoms with van der Waals surface area (Å²) in [7, 11) is 0. The highest BCUT2D eigenvalue weighted by molar-refractivity contribution is 5.90. The molecule has 0 bridgehead atoms. The molecule has 1 aromatic rings. The van der Waals surface area contributed by atoms with E-state index in [2.05, 4.69) is 76.5 Å². The summed E-state index contributed by atoms with van der Waals surface area (Å²) in [5.41, 5.74) is 8.35. The van der Waals surface area contributed by atoms with Gasteiger partial charge < -0.3 is 10.6 Å². The van der Waals surface area contributed by atoms with Crippen LogP contribution in [0.4, 0.5) is 11.4 Å². The summed E-state index contributed by atoms with van der Waals surface area (Å²) in [6.45, 7) is 13.6. The standard InChI is InChI=1S/C22H32N2/c1-7-15-13-21(5,9-3)23-19-12-18-16(8-2)14-22(6,10-4)24-20(18)11-17(15)19/h11-14,23-24H,7-10H2,1-6H3. The first kappa shape index (κ1) is 17.1. The topological polar surface area (TPSA) is 24.1 Å². The van der Waals surface area contributed by atoms with Crippen molar-refractivity contribution in [2.45, 2.75) is 78.3 Å². The van der Waals surface area contributed by atoms with Crippen LogP contribution in [0.1, 0.15) is 78.4 Å². The number of fused-ring (bicyclic) bond motifs is 2. The fraction of sp³-hybridized carbons (Fsp3) is 0.545. The Morgan fingerprint density at radius 3 is 1.38 bits per heavy atom. The van der Waals surface area contributed by atoms with Crippen LogP contribution in [0.2, 0.25) is 0 Å². The Hall–Kier alpha value is -1.70. The van der Waals surface area contributed by atoms with Crippen LogP contribution >= 0.6 is 0 Å². The molecule has 2 heterocycles. The van der Waals surface area contributed by atoms with Gasteiger partial charge in [0.1, 0.15) is 0 Å². The van der Waals surface area contributed by atoms with E-state index in [9.17, 15) is 0 Å². The molecule has 0 amide bonds. The highest BCUT2D eigenvalue weighted by atomic mass is 15.0. The molecule has 0 aliphatic carbocycles. The predicted molar refractivity (Wildman–Crippen MR) is 108 cm³/mol. The molecule has 2 unspecified atom stereocenters. The number of rotatable bonds is 4. The Bertz CT molecular complexity index is 651. The van der Waals surface area contributed by atoms with Crippen molar-refractivity contribution >= 4 is 22.5 Å². The molecule has 130 valence electrons. The highest BCUT2D eigenvalue weighted by Gasteiger charge is 2.31. The van der Waals surface area contributed by atoms with Gasteiger partial charge >= 0.3 is 0 Å². The molecule has 2 aliphatic rings. The molecule has 2 aliphatic heterocycles. The molecular formula is C22H32N2. The fourth-order valence-corrected chi connectivity index (χ4v) is 3.92. The van der Waals surface area contributed by atoms with Gasteiger partial charge in [-0.2, -0.15) is 0 Å². The molecule has 2 atom stereocenters. The summed E-state index contributed by atoms with van der Waals surface area (Å²) >= 11 is 0. The Labute approximate surface area is 147 Å². The van der Waals surface area contributed by atoms with E-state index in [0.717, 1.165) is 25.7 Å². The van der Waals surface area contributed by atoms with E-state index >= 15 is 0 Å². The lowest BCUT2D eigenvalue weighted by atomic mass is 9.82. The smallest absolute Gasteiger partial charge is 0.0531 e. The van der Waals surface area contributed by atoms with E-state index in [1.54, 1.807) is 0 Å². The first-order valence-corrected chi connectivity index (χ1v) is 9.55. The van der Waals surface area contributed by atoms with Gasteiger partial charge in [0, 0.05) is 22.5 Å². The molecular weight excluding hydrogens is 292 g/mol. The summed E-state index contributed by atoms with van der Waals surface area (Å²) in [6, 6.07) is 4.75. The van der Waals surface area contributed by atoms with Gasteiger partial charge in [0.15, 0.2) is 0 Å². The van der Waals surface area contributed by atoms with Crippen molar-refractivity contribution in [2.75, 3.05) is 10.6 Å². The maximum atomic E-state index is 3.79. The van der Waals surface area contributed by atoms with Crippen molar-refractivity contribution in [3.8, 4) is 0 Å². The number of allylic oxidation sites excluding steroid dienone is 2. The summed E-state index contributed by atoms with van der Waals surface area (Å²) in [6.07, 6.45) is 9.20. The normalized spacial score (nSPS) is 28.1. The number of benzene rings is 1. The zero-order chi connectivity index (χ0) is 17.5. The highest BCUT2D eigenvalue weighted by Crippen LogP contribution is 2.44. The van der Waals surface area contributed by atoms with Crippen LogP contribution in [0.15, 0.2) is 24.3 Å². The Balaban J connectivity index is 2.15. The second kappa shape index (κ2) is 5.98. The van der Waals surface area contributed by atoms with Crippen LogP contribution in [-0.4, -0.2) is 11.1 Å². The molecule has 2 N–H and O–H groups in total. The van der Waals surface area contributed by atoms with Gasteiger partial charge in [0.2, 0.25) is 0 Å². The second-order valence-corrected chi connectivity index (χ2v) is 7.78. The van der Waals surface area contributed by atoms with Crippen molar-refractivity contribution < 1.29 is 0 Å². The summed E-state index contributed by atoms with van der Waals surface area (Å²) in [4.78, 5) is 0. The maximum absolute atomic E-state index is 3.79. The van der Waals surface area contributed by atoms with Crippen molar-refractivity contribution in [3.05, 3.63) is 35.4 Å². The van der Waals surface area contributed by atoms with Crippen LogP contribution in [-0.2, 0) is 0 Å². The predicted octanol–water partition coefficient (Wildman–Crippen LogP) is 6.46. The molecule has 3 rings (SSSR count). The Morgan fingerprint density at radius 2 is 1.08 bits per heavy atom. The average Bonchev–Trinajstić information content (AvgIpc) is 2.59. The molecule has 24 heavy (non-hydrogen) atoms. The Kier molecular flexibility index (Phi) is 4.27. The van der Waals surface area contributed by atoms with E-state index in [-0.39, 0.29) is 11.1 Å². The van der Waals surface area contributed by atoms with Gasteiger partial charge in [-0.3, -0.25) is 0 Å². The molecule has 0 radical (unpaired) electrons. The minimum absolute atomic E-state index is 0.0582. The minimum atomic E-state index is 0.0582. The largest absolute Gasteiger partial charge is 0.376 e. The second-order valence-electron chi connectivity index (χ2n) is 7.78. The molecule has 0 spiro atoms. The monoisotopic (exact) mass is 324 g/mol. The van der Waals surface area contributed by atoms with E-state index < -0.39 is 0 Å². The fourth-order valence-electron chi connectivity index (χ4n) is 3.92. The van der Waals surface area contributed by atoms with E-state index in [1.807, 2.05) is 0 Å². The molecule has 1 aromatic carbocycles. The Morgan fingerprint density at radius 1 is 0.708 bits per heavy atom. The number of anilines is 2. The van der Waals surface area contributed by atoms with Crippen LogP contribution in [0.5, 0.6) is 0 Å². The van der Waals surface area contributed by atoms with Crippen molar-refractivity contribution in [1.29, 1.82) is 0 Å². The third kappa shape index (κ3) is 2.76. The minimum Gasteiger partial charge on any atom is -0.376 e. The summed E-state index contributed by atoms with van der Waals surface area (Å²) < 4.78 is 0. The zero-order valence-corrected chi connectivity index (χ0v) is 16.1. The van der Waals surface area contributed by atoms with Crippen LogP contribution in [0, 0.1) is 0 Å². The van der Waals surface area contributed by atoms with Gasteiger partial charge in [-0.1, -0.05) is 39.8 Å². The van der Waals surface area contributed by atoms with E-state index in [1.165, 1.54) is 33.6 Å². The maximum Gasteiger partial charge on any atom is 0.0531 e. The van der Waals surface area contributed by atoms with Crippen molar-refractivity contribution in [1.82, 2.24) is 0 Å². The molecule has 0 fully saturated rings. The molecule has 0 saturated heterocycles. The number of nitrogens with one attached hydrogen (secondary N) is 2. The summed E-state index contributed by atoms with van der Waals surface area (Å²) in [5.74, 6) is 0. The molecule has 2 heteroatoms. The quantitative estimate of drug-likeness (QED) is 0.664. The average molecular weight is 325 g/mol. The van der Waals surface area contributed by atoms with Gasteiger partial charge in [0.25, 0.3) is 0 Å². The lowest BCUT2D eigenvalue weighted by molar-refractivity contribution is 0.604. The number of hydrogen-bond donors (Lipinski definition) is 2. The van der Waals surface area contributed by atoms with E-state index in [0.29, 0.717) is 0 Å². The number of hydrogen-bond acceptors (Lipinski definition) is 2. The third-order valence-corrected chi connectivity index (χ3v) is 5.91. The van der Waals surface area contributed by atoms with Crippen LogP contribution in [0.25, 0.3) is 11.1 Å². The zero-order valence-electron chi connectivity index (χ0n) is 16.1. The van der Waals surface area contributed by atoms with Gasteiger partial charge in [-0.05, 0) is 62.8 Å². The molecule has 0 aromatic heterocycles. The lowest BCUT2D eigenvalue weighted by Gasteiger charge is -2.38. The van der Waals surface area contributed by atoms with Gasteiger partial charge in [-0.15, -0.1) is 0 Å². The molecule has 0 saturated carbocycles. The summed E-state index contributed by atoms with van der Waals surface area (Å²) in [5, 5.41) is 7.57.